The first-order chi connectivity index (χ1) is 13.9. The van der Waals surface area contributed by atoms with Crippen LogP contribution >= 0.6 is 11.6 Å². The van der Waals surface area contributed by atoms with E-state index in [1.165, 1.54) is 0 Å². The van der Waals surface area contributed by atoms with E-state index in [0.717, 1.165) is 6.54 Å². The molecule has 0 spiro atoms. The minimum atomic E-state index is -3.47. The van der Waals surface area contributed by atoms with Crippen LogP contribution in [0.3, 0.4) is 0 Å². The summed E-state index contributed by atoms with van der Waals surface area (Å²) in [4.78, 5) is 14.0. The zero-order valence-electron chi connectivity index (χ0n) is 16.3. The Hall–Kier alpha value is -2.10. The molecular weight excluding hydrogens is 416 g/mol. The number of halogens is 1. The lowest BCUT2D eigenvalue weighted by atomic mass is 10.1. The molecule has 1 saturated heterocycles. The molecular formula is C19H25ClN4O4S. The van der Waals surface area contributed by atoms with Gasteiger partial charge in [-0.25, -0.2) is 13.1 Å². The van der Waals surface area contributed by atoms with Crippen molar-refractivity contribution >= 4 is 27.5 Å². The molecule has 3 rings (SSSR count). The summed E-state index contributed by atoms with van der Waals surface area (Å²) in [5, 5.41) is 4.36. The number of carbonyl (C=O) groups is 1. The summed E-state index contributed by atoms with van der Waals surface area (Å²) in [6.07, 6.45) is 2.61. The van der Waals surface area contributed by atoms with Crippen LogP contribution in [-0.2, 0) is 27.9 Å². The first-order valence-corrected chi connectivity index (χ1v) is 11.5. The Morgan fingerprint density at radius 1 is 1.24 bits per heavy atom. The van der Waals surface area contributed by atoms with Gasteiger partial charge in [0, 0.05) is 30.9 Å². The first-order valence-electron chi connectivity index (χ1n) is 9.54. The van der Waals surface area contributed by atoms with E-state index in [4.69, 9.17) is 16.3 Å². The highest BCUT2D eigenvalue weighted by molar-refractivity contribution is 7.90. The van der Waals surface area contributed by atoms with Crippen molar-refractivity contribution in [3.63, 3.8) is 0 Å². The van der Waals surface area contributed by atoms with Gasteiger partial charge in [0.25, 0.3) is 5.91 Å². The summed E-state index contributed by atoms with van der Waals surface area (Å²) in [5.74, 6) is 0.406. The van der Waals surface area contributed by atoms with Gasteiger partial charge < -0.3 is 9.64 Å². The van der Waals surface area contributed by atoms with E-state index in [2.05, 4.69) is 9.82 Å². The number of likely N-dealkylation sites (tertiary alicyclic amines) is 1. The van der Waals surface area contributed by atoms with Gasteiger partial charge in [-0.1, -0.05) is 11.6 Å². The lowest BCUT2D eigenvalue weighted by molar-refractivity contribution is -0.134. The first kappa shape index (κ1) is 21.6. The molecule has 0 atom stereocenters. The fraction of sp³-hybridized carbons (Fsp3) is 0.474. The van der Waals surface area contributed by atoms with Crippen molar-refractivity contribution in [2.75, 3.05) is 19.7 Å². The van der Waals surface area contributed by atoms with Gasteiger partial charge in [0.1, 0.15) is 5.75 Å². The van der Waals surface area contributed by atoms with Crippen molar-refractivity contribution in [1.82, 2.24) is 19.4 Å². The third-order valence-electron chi connectivity index (χ3n) is 4.88. The van der Waals surface area contributed by atoms with Crippen molar-refractivity contribution in [2.24, 2.45) is 0 Å². The van der Waals surface area contributed by atoms with Crippen molar-refractivity contribution in [3.05, 3.63) is 47.2 Å². The number of rotatable bonds is 8. The average Bonchev–Trinajstić information content (AvgIpc) is 3.20. The van der Waals surface area contributed by atoms with Crippen LogP contribution in [0.5, 0.6) is 5.75 Å². The average molecular weight is 441 g/mol. The topological polar surface area (TPSA) is 93.5 Å². The molecule has 0 saturated carbocycles. The smallest absolute Gasteiger partial charge is 0.260 e. The Bertz CT molecular complexity index is 922. The van der Waals surface area contributed by atoms with Crippen LogP contribution in [0.15, 0.2) is 36.5 Å². The zero-order chi connectivity index (χ0) is 20.9. The number of amides is 1. The number of ether oxygens (including phenoxy) is 1. The van der Waals surface area contributed by atoms with Crippen LogP contribution < -0.4 is 9.46 Å². The minimum absolute atomic E-state index is 0.0859. The summed E-state index contributed by atoms with van der Waals surface area (Å²) in [5.41, 5.74) is 0.683. The molecule has 2 heterocycles. The second kappa shape index (κ2) is 9.60. The van der Waals surface area contributed by atoms with Crippen molar-refractivity contribution in [3.8, 4) is 5.75 Å². The lowest BCUT2D eigenvalue weighted by Crippen LogP contribution is -2.46. The monoisotopic (exact) mass is 440 g/mol. The number of aryl methyl sites for hydroxylation is 1. The summed E-state index contributed by atoms with van der Waals surface area (Å²) >= 11 is 5.82. The summed E-state index contributed by atoms with van der Waals surface area (Å²) in [7, 11) is -3.47. The van der Waals surface area contributed by atoms with E-state index < -0.39 is 15.3 Å². The van der Waals surface area contributed by atoms with Crippen LogP contribution in [0.25, 0.3) is 0 Å². The number of hydrogen-bond acceptors (Lipinski definition) is 5. The standard InChI is InChI=1S/C19H25ClN4O4S/c1-2-24-12-7-16(22-24)13-21-29(26,27)18-8-10-23(11-9-18)19(25)14-28-17-5-3-15(20)4-6-17/h3-7,12,18,21H,2,8-11,13-14H2,1H3. The van der Waals surface area contributed by atoms with Crippen LogP contribution in [0.1, 0.15) is 25.5 Å². The SMILES string of the molecule is CCn1ccc(CNS(=O)(=O)C2CCN(C(=O)COc3ccc(Cl)cc3)CC2)n1. The maximum Gasteiger partial charge on any atom is 0.260 e. The molecule has 0 aliphatic carbocycles. The van der Waals surface area contributed by atoms with E-state index in [1.807, 2.05) is 13.1 Å². The Morgan fingerprint density at radius 2 is 1.93 bits per heavy atom. The minimum Gasteiger partial charge on any atom is -0.484 e. The van der Waals surface area contributed by atoms with E-state index in [9.17, 15) is 13.2 Å². The van der Waals surface area contributed by atoms with Gasteiger partial charge in [-0.3, -0.25) is 9.48 Å². The number of hydrogen-bond donors (Lipinski definition) is 1. The molecule has 1 aliphatic heterocycles. The van der Waals surface area contributed by atoms with Gasteiger partial charge >= 0.3 is 0 Å². The normalized spacial score (nSPS) is 15.4. The predicted molar refractivity (Wildman–Crippen MR) is 110 cm³/mol. The van der Waals surface area contributed by atoms with E-state index in [1.54, 1.807) is 39.9 Å². The van der Waals surface area contributed by atoms with Crippen molar-refractivity contribution < 1.29 is 17.9 Å². The molecule has 29 heavy (non-hydrogen) atoms. The highest BCUT2D eigenvalue weighted by Crippen LogP contribution is 2.19. The van der Waals surface area contributed by atoms with E-state index in [-0.39, 0.29) is 19.1 Å². The number of piperidine rings is 1. The third kappa shape index (κ3) is 5.94. The Labute approximate surface area is 175 Å². The second-order valence-corrected chi connectivity index (χ2v) is 9.33. The maximum atomic E-state index is 12.6. The Morgan fingerprint density at radius 3 is 2.55 bits per heavy atom. The molecule has 0 unspecified atom stereocenters. The second-order valence-electron chi connectivity index (χ2n) is 6.85. The molecule has 8 nitrogen and oxygen atoms in total. The molecule has 1 aliphatic rings. The third-order valence-corrected chi connectivity index (χ3v) is 7.03. The van der Waals surface area contributed by atoms with Gasteiger partial charge in [0.2, 0.25) is 10.0 Å². The number of carbonyl (C=O) groups excluding carboxylic acids is 1. The Balaban J connectivity index is 1.44. The molecule has 0 bridgehead atoms. The van der Waals surface area contributed by atoms with Crippen LogP contribution in [0, 0.1) is 0 Å². The summed E-state index contributed by atoms with van der Waals surface area (Å²) in [6.45, 7) is 3.57. The molecule has 1 aromatic heterocycles. The molecule has 158 valence electrons. The van der Waals surface area contributed by atoms with Crippen LogP contribution in [-0.4, -0.2) is 54.0 Å². The van der Waals surface area contributed by atoms with Crippen LogP contribution in [0.4, 0.5) is 0 Å². The van der Waals surface area contributed by atoms with Crippen molar-refractivity contribution in [2.45, 2.75) is 38.1 Å². The van der Waals surface area contributed by atoms with Crippen molar-refractivity contribution in [1.29, 1.82) is 0 Å². The molecule has 1 fully saturated rings. The zero-order valence-corrected chi connectivity index (χ0v) is 17.8. The Kier molecular flexibility index (Phi) is 7.15. The number of nitrogens with one attached hydrogen (secondary N) is 1. The highest BCUT2D eigenvalue weighted by atomic mass is 35.5. The predicted octanol–water partition coefficient (Wildman–Crippen LogP) is 2.05. The number of aromatic nitrogens is 2. The number of sulfonamides is 1. The molecule has 10 heteroatoms. The van der Waals surface area contributed by atoms with Gasteiger partial charge in [-0.05, 0) is 50.1 Å². The van der Waals surface area contributed by atoms with Gasteiger partial charge in [0.05, 0.1) is 17.5 Å². The van der Waals surface area contributed by atoms with Gasteiger partial charge in [-0.2, -0.15) is 5.10 Å². The molecule has 1 N–H and O–H groups in total. The maximum absolute atomic E-state index is 12.6. The number of benzene rings is 1. The molecule has 1 amide bonds. The molecule has 2 aromatic rings. The van der Waals surface area contributed by atoms with E-state index in [0.29, 0.717) is 42.4 Å². The highest BCUT2D eigenvalue weighted by Gasteiger charge is 2.31. The quantitative estimate of drug-likeness (QED) is 0.678. The fourth-order valence-corrected chi connectivity index (χ4v) is 4.69. The van der Waals surface area contributed by atoms with Gasteiger partial charge in [-0.15, -0.1) is 0 Å². The summed E-state index contributed by atoms with van der Waals surface area (Å²) in [6, 6.07) is 8.58. The number of nitrogens with zero attached hydrogens (tertiary/aromatic N) is 3. The largest absolute Gasteiger partial charge is 0.484 e. The van der Waals surface area contributed by atoms with Gasteiger partial charge in [0.15, 0.2) is 6.61 Å². The molecule has 0 radical (unpaired) electrons. The summed E-state index contributed by atoms with van der Waals surface area (Å²) < 4.78 is 35.0. The fourth-order valence-electron chi connectivity index (χ4n) is 3.15. The van der Waals surface area contributed by atoms with Crippen LogP contribution in [0.2, 0.25) is 5.02 Å². The van der Waals surface area contributed by atoms with E-state index >= 15 is 0 Å². The molecule has 1 aromatic carbocycles. The lowest BCUT2D eigenvalue weighted by Gasteiger charge is -2.31.